The molecule has 7 nitrogen and oxygen atoms in total. The molecule has 7 heteroatoms. The SMILES string of the molecule is O=C(NC1CCCCC1)N1CC2CC(C1)c1ccc(-c3cncnc3)c(=O)n1C2. The highest BCUT2D eigenvalue weighted by Gasteiger charge is 2.37. The van der Waals surface area contributed by atoms with Gasteiger partial charge in [-0.2, -0.15) is 0 Å². The van der Waals surface area contributed by atoms with Gasteiger partial charge in [0.2, 0.25) is 0 Å². The number of aromatic nitrogens is 3. The smallest absolute Gasteiger partial charge is 0.317 e. The Labute approximate surface area is 170 Å². The van der Waals surface area contributed by atoms with Gasteiger partial charge in [0.25, 0.3) is 5.56 Å². The summed E-state index contributed by atoms with van der Waals surface area (Å²) in [4.78, 5) is 36.0. The highest BCUT2D eigenvalue weighted by molar-refractivity contribution is 5.75. The number of amides is 2. The average molecular weight is 393 g/mol. The van der Waals surface area contributed by atoms with Crippen LogP contribution in [-0.4, -0.2) is 44.6 Å². The number of pyridine rings is 1. The van der Waals surface area contributed by atoms with Gasteiger partial charge in [0.1, 0.15) is 6.33 Å². The van der Waals surface area contributed by atoms with Crippen LogP contribution in [0.3, 0.4) is 0 Å². The Morgan fingerprint density at radius 3 is 2.62 bits per heavy atom. The van der Waals surface area contributed by atoms with Gasteiger partial charge < -0.3 is 14.8 Å². The first kappa shape index (κ1) is 18.3. The highest BCUT2D eigenvalue weighted by Crippen LogP contribution is 2.35. The summed E-state index contributed by atoms with van der Waals surface area (Å²) in [5.41, 5.74) is 2.45. The molecule has 2 atom stereocenters. The first-order valence-corrected chi connectivity index (χ1v) is 10.7. The summed E-state index contributed by atoms with van der Waals surface area (Å²) in [6.45, 7) is 2.07. The van der Waals surface area contributed by atoms with E-state index in [9.17, 15) is 9.59 Å². The Morgan fingerprint density at radius 1 is 1.03 bits per heavy atom. The molecule has 4 heterocycles. The minimum absolute atomic E-state index is 0.0205. The third-order valence-electron chi connectivity index (χ3n) is 6.70. The van der Waals surface area contributed by atoms with Gasteiger partial charge in [-0.25, -0.2) is 14.8 Å². The number of rotatable bonds is 2. The molecule has 2 aromatic rings. The number of urea groups is 1. The van der Waals surface area contributed by atoms with Crippen LogP contribution in [0.4, 0.5) is 4.79 Å². The molecule has 29 heavy (non-hydrogen) atoms. The van der Waals surface area contributed by atoms with Crippen LogP contribution in [0.2, 0.25) is 0 Å². The Hall–Kier alpha value is -2.70. The highest BCUT2D eigenvalue weighted by atomic mass is 16.2. The summed E-state index contributed by atoms with van der Waals surface area (Å²) >= 11 is 0. The zero-order chi connectivity index (χ0) is 19.8. The lowest BCUT2D eigenvalue weighted by Gasteiger charge is -2.43. The minimum atomic E-state index is 0.0205. The summed E-state index contributed by atoms with van der Waals surface area (Å²) in [7, 11) is 0. The monoisotopic (exact) mass is 393 g/mol. The number of piperidine rings is 1. The minimum Gasteiger partial charge on any atom is -0.335 e. The maximum absolute atomic E-state index is 13.1. The lowest BCUT2D eigenvalue weighted by Crippen LogP contribution is -2.53. The fraction of sp³-hybridized carbons (Fsp3) is 0.545. The van der Waals surface area contributed by atoms with Gasteiger partial charge in [-0.3, -0.25) is 4.79 Å². The molecule has 1 saturated carbocycles. The third kappa shape index (κ3) is 3.54. The van der Waals surface area contributed by atoms with Crippen molar-refractivity contribution in [2.24, 2.45) is 5.92 Å². The second-order valence-electron chi connectivity index (χ2n) is 8.70. The van der Waals surface area contributed by atoms with E-state index in [-0.39, 0.29) is 17.5 Å². The number of nitrogens with one attached hydrogen (secondary N) is 1. The van der Waals surface area contributed by atoms with Gasteiger partial charge in [0.05, 0.1) is 5.56 Å². The fourth-order valence-electron chi connectivity index (χ4n) is 5.28. The number of nitrogens with zero attached hydrogens (tertiary/aromatic N) is 4. The van der Waals surface area contributed by atoms with Crippen molar-refractivity contribution in [2.75, 3.05) is 13.1 Å². The van der Waals surface area contributed by atoms with Gasteiger partial charge in [0, 0.05) is 55.2 Å². The zero-order valence-electron chi connectivity index (χ0n) is 16.6. The van der Waals surface area contributed by atoms with Crippen LogP contribution >= 0.6 is 0 Å². The van der Waals surface area contributed by atoms with Crippen LogP contribution in [0.5, 0.6) is 0 Å². The molecule has 3 aliphatic rings. The van der Waals surface area contributed by atoms with Crippen molar-refractivity contribution in [3.8, 4) is 11.1 Å². The lowest BCUT2D eigenvalue weighted by atomic mass is 9.83. The number of fused-ring (bicyclic) bond motifs is 4. The van der Waals surface area contributed by atoms with E-state index in [0.717, 1.165) is 37.1 Å². The lowest BCUT2D eigenvalue weighted by molar-refractivity contribution is 0.127. The topological polar surface area (TPSA) is 80.1 Å². The second kappa shape index (κ2) is 7.61. The van der Waals surface area contributed by atoms with Crippen molar-refractivity contribution in [1.82, 2.24) is 24.8 Å². The van der Waals surface area contributed by atoms with Crippen LogP contribution in [0, 0.1) is 5.92 Å². The molecule has 2 unspecified atom stereocenters. The number of likely N-dealkylation sites (tertiary alicyclic amines) is 1. The number of hydrogen-bond donors (Lipinski definition) is 1. The van der Waals surface area contributed by atoms with E-state index in [1.165, 1.54) is 25.6 Å². The fourth-order valence-corrected chi connectivity index (χ4v) is 5.28. The molecular formula is C22H27N5O2. The molecule has 1 saturated heterocycles. The zero-order valence-corrected chi connectivity index (χ0v) is 16.6. The van der Waals surface area contributed by atoms with Crippen molar-refractivity contribution in [3.63, 3.8) is 0 Å². The Morgan fingerprint density at radius 2 is 1.83 bits per heavy atom. The summed E-state index contributed by atoms with van der Waals surface area (Å²) < 4.78 is 1.91. The van der Waals surface area contributed by atoms with Gasteiger partial charge in [0.15, 0.2) is 0 Å². The van der Waals surface area contributed by atoms with Crippen molar-refractivity contribution < 1.29 is 4.79 Å². The van der Waals surface area contributed by atoms with Crippen LogP contribution in [0.1, 0.15) is 50.1 Å². The maximum atomic E-state index is 13.1. The van der Waals surface area contributed by atoms with E-state index in [4.69, 9.17) is 0 Å². The van der Waals surface area contributed by atoms with Crippen molar-refractivity contribution in [2.45, 2.75) is 57.0 Å². The average Bonchev–Trinajstić information content (AvgIpc) is 2.76. The van der Waals surface area contributed by atoms with Crippen molar-refractivity contribution >= 4 is 6.03 Å². The Kier molecular flexibility index (Phi) is 4.81. The maximum Gasteiger partial charge on any atom is 0.317 e. The quantitative estimate of drug-likeness (QED) is 0.851. The predicted octanol–water partition coefficient (Wildman–Crippen LogP) is 2.77. The first-order valence-electron chi connectivity index (χ1n) is 10.7. The van der Waals surface area contributed by atoms with Crippen LogP contribution < -0.4 is 10.9 Å². The summed E-state index contributed by atoms with van der Waals surface area (Å²) in [6.07, 6.45) is 11.8. The third-order valence-corrected chi connectivity index (χ3v) is 6.70. The van der Waals surface area contributed by atoms with Crippen molar-refractivity contribution in [3.05, 3.63) is 46.9 Å². The summed E-state index contributed by atoms with van der Waals surface area (Å²) in [5, 5.41) is 3.25. The normalized spacial score (nSPS) is 24.1. The molecule has 5 rings (SSSR count). The van der Waals surface area contributed by atoms with E-state index in [1.54, 1.807) is 12.4 Å². The van der Waals surface area contributed by atoms with Gasteiger partial charge >= 0.3 is 6.03 Å². The molecule has 1 N–H and O–H groups in total. The number of hydrogen-bond acceptors (Lipinski definition) is 4. The molecule has 2 amide bonds. The van der Waals surface area contributed by atoms with Gasteiger partial charge in [-0.1, -0.05) is 19.3 Å². The van der Waals surface area contributed by atoms with Crippen LogP contribution in [0.15, 0.2) is 35.6 Å². The van der Waals surface area contributed by atoms with Gasteiger partial charge in [-0.15, -0.1) is 0 Å². The Balaban J connectivity index is 1.36. The van der Waals surface area contributed by atoms with Crippen LogP contribution in [-0.2, 0) is 6.54 Å². The molecule has 2 aromatic heterocycles. The summed E-state index contributed by atoms with van der Waals surface area (Å²) in [6, 6.07) is 4.32. The first-order chi connectivity index (χ1) is 14.2. The predicted molar refractivity (Wildman–Crippen MR) is 110 cm³/mol. The molecule has 0 spiro atoms. The summed E-state index contributed by atoms with van der Waals surface area (Å²) in [5.74, 6) is 0.534. The number of carbonyl (C=O) groups excluding carboxylic acids is 1. The number of carbonyl (C=O) groups is 1. The molecule has 1 aliphatic carbocycles. The molecule has 0 aromatic carbocycles. The van der Waals surface area contributed by atoms with E-state index in [0.29, 0.717) is 30.6 Å². The largest absolute Gasteiger partial charge is 0.335 e. The van der Waals surface area contributed by atoms with E-state index < -0.39 is 0 Å². The second-order valence-corrected chi connectivity index (χ2v) is 8.70. The molecule has 2 aliphatic heterocycles. The molecule has 2 fully saturated rings. The molecule has 152 valence electrons. The molecule has 0 radical (unpaired) electrons. The van der Waals surface area contributed by atoms with Gasteiger partial charge in [-0.05, 0) is 37.3 Å². The van der Waals surface area contributed by atoms with Crippen LogP contribution in [0.25, 0.3) is 11.1 Å². The van der Waals surface area contributed by atoms with E-state index in [1.807, 2.05) is 21.6 Å². The molecular weight excluding hydrogens is 366 g/mol. The standard InChI is InChI=1S/C22H27N5O2/c28-21-19(17-9-23-14-24-10-17)6-7-20-16-8-15(12-27(20)21)11-26(13-16)22(29)25-18-4-2-1-3-5-18/h6-7,9-10,14-16,18H,1-5,8,11-13H2,(H,25,29). The molecule has 2 bridgehead atoms. The Bertz CT molecular complexity index is 951. The van der Waals surface area contributed by atoms with E-state index in [2.05, 4.69) is 15.3 Å². The van der Waals surface area contributed by atoms with Crippen molar-refractivity contribution in [1.29, 1.82) is 0 Å². The van der Waals surface area contributed by atoms with E-state index >= 15 is 0 Å².